The van der Waals surface area contributed by atoms with Crippen LogP contribution in [-0.4, -0.2) is 27.4 Å². The van der Waals surface area contributed by atoms with E-state index in [1.165, 1.54) is 24.3 Å². The van der Waals surface area contributed by atoms with E-state index in [4.69, 9.17) is 0 Å². The van der Waals surface area contributed by atoms with E-state index < -0.39 is 17.2 Å². The van der Waals surface area contributed by atoms with Gasteiger partial charge in [-0.15, -0.1) is 11.8 Å². The van der Waals surface area contributed by atoms with Gasteiger partial charge in [0.05, 0.1) is 0 Å². The number of carbonyl (C=O) groups excluding carboxylic acids is 1. The zero-order valence-corrected chi connectivity index (χ0v) is 12.1. The number of hydrogen-bond acceptors (Lipinski definition) is 5. The minimum Gasteiger partial charge on any atom is -0.504 e. The summed E-state index contributed by atoms with van der Waals surface area (Å²) in [7, 11) is 0. The first-order chi connectivity index (χ1) is 10.0. The van der Waals surface area contributed by atoms with Crippen molar-refractivity contribution in [2.45, 2.75) is 4.90 Å². The van der Waals surface area contributed by atoms with E-state index in [0.29, 0.717) is 11.1 Å². The zero-order valence-electron chi connectivity index (χ0n) is 11.3. The number of phenolic OH excluding ortho intramolecular Hbond substituents is 3. The van der Waals surface area contributed by atoms with Gasteiger partial charge in [-0.05, 0) is 54.3 Å². The van der Waals surface area contributed by atoms with Gasteiger partial charge in [0.25, 0.3) is 0 Å². The number of thioether (sulfide) groups is 1. The molecule has 0 saturated heterocycles. The van der Waals surface area contributed by atoms with Crippen LogP contribution in [0.1, 0.15) is 15.9 Å². The number of hydrogen-bond donors (Lipinski definition) is 3. The fourth-order valence-electron chi connectivity index (χ4n) is 1.74. The molecule has 0 amide bonds. The predicted molar refractivity (Wildman–Crippen MR) is 83.0 cm³/mol. The van der Waals surface area contributed by atoms with Crippen molar-refractivity contribution >= 4 is 23.6 Å². The highest BCUT2D eigenvalue weighted by molar-refractivity contribution is 7.98. The third kappa shape index (κ3) is 3.58. The second kappa shape index (κ2) is 6.37. The van der Waals surface area contributed by atoms with Crippen LogP contribution in [0.4, 0.5) is 0 Å². The van der Waals surface area contributed by atoms with Crippen molar-refractivity contribution in [3.63, 3.8) is 0 Å². The third-order valence-electron chi connectivity index (χ3n) is 2.89. The summed E-state index contributed by atoms with van der Waals surface area (Å²) in [6.07, 6.45) is 4.77. The monoisotopic (exact) mass is 302 g/mol. The zero-order chi connectivity index (χ0) is 15.4. The van der Waals surface area contributed by atoms with Crippen LogP contribution in [0.2, 0.25) is 0 Å². The molecule has 0 aliphatic carbocycles. The van der Waals surface area contributed by atoms with Gasteiger partial charge in [-0.2, -0.15) is 0 Å². The average Bonchev–Trinajstić information content (AvgIpc) is 2.50. The van der Waals surface area contributed by atoms with Crippen LogP contribution >= 0.6 is 11.8 Å². The van der Waals surface area contributed by atoms with E-state index in [1.807, 2.05) is 18.4 Å². The number of carbonyl (C=O) groups is 1. The molecule has 21 heavy (non-hydrogen) atoms. The van der Waals surface area contributed by atoms with Crippen LogP contribution < -0.4 is 0 Å². The van der Waals surface area contributed by atoms with Gasteiger partial charge in [-0.1, -0.05) is 6.08 Å². The fourth-order valence-corrected chi connectivity index (χ4v) is 2.15. The molecule has 2 rings (SSSR count). The molecule has 0 atom stereocenters. The van der Waals surface area contributed by atoms with Crippen LogP contribution in [0.3, 0.4) is 0 Å². The Kier molecular flexibility index (Phi) is 4.55. The molecule has 108 valence electrons. The molecule has 5 heteroatoms. The second-order valence-corrected chi connectivity index (χ2v) is 5.21. The Balaban J connectivity index is 2.18. The maximum atomic E-state index is 12.0. The standard InChI is InChI=1S/C16H14O4S/c1-21-12-5-3-11(4-6-12)13(17)7-2-10-8-14(18)16(20)15(19)9-10/h2-9,18-20H,1H3/b7-2+. The summed E-state index contributed by atoms with van der Waals surface area (Å²) in [4.78, 5) is 13.1. The Hall–Kier alpha value is -2.40. The summed E-state index contributed by atoms with van der Waals surface area (Å²) < 4.78 is 0. The lowest BCUT2D eigenvalue weighted by Gasteiger charge is -2.02. The lowest BCUT2D eigenvalue weighted by molar-refractivity contribution is 0.104. The Morgan fingerprint density at radius 3 is 2.14 bits per heavy atom. The van der Waals surface area contributed by atoms with Crippen LogP contribution in [0.5, 0.6) is 17.2 Å². The molecule has 0 unspecified atom stereocenters. The SMILES string of the molecule is CSc1ccc(C(=O)/C=C/c2cc(O)c(O)c(O)c2)cc1. The summed E-state index contributed by atoms with van der Waals surface area (Å²) in [5, 5.41) is 28.0. The molecule has 3 N–H and O–H groups in total. The first-order valence-electron chi connectivity index (χ1n) is 6.12. The van der Waals surface area contributed by atoms with Crippen molar-refractivity contribution in [2.75, 3.05) is 6.26 Å². The van der Waals surface area contributed by atoms with Gasteiger partial charge < -0.3 is 15.3 Å². The number of ketones is 1. The van der Waals surface area contributed by atoms with Crippen LogP contribution in [-0.2, 0) is 0 Å². The van der Waals surface area contributed by atoms with Crippen molar-refractivity contribution in [3.05, 3.63) is 53.6 Å². The van der Waals surface area contributed by atoms with Crippen molar-refractivity contribution in [1.82, 2.24) is 0 Å². The highest BCUT2D eigenvalue weighted by atomic mass is 32.2. The lowest BCUT2D eigenvalue weighted by atomic mass is 10.1. The maximum absolute atomic E-state index is 12.0. The van der Waals surface area contributed by atoms with E-state index in [1.54, 1.807) is 23.9 Å². The molecule has 0 aliphatic rings. The minimum atomic E-state index is -0.578. The molecule has 0 aromatic heterocycles. The summed E-state index contributed by atoms with van der Waals surface area (Å²) in [5.74, 6) is -1.64. The van der Waals surface area contributed by atoms with Crippen molar-refractivity contribution in [2.24, 2.45) is 0 Å². The van der Waals surface area contributed by atoms with E-state index in [0.717, 1.165) is 4.90 Å². The van der Waals surface area contributed by atoms with Crippen molar-refractivity contribution < 1.29 is 20.1 Å². The molecule has 0 aliphatic heterocycles. The molecule has 2 aromatic rings. The van der Waals surface area contributed by atoms with E-state index in [9.17, 15) is 20.1 Å². The largest absolute Gasteiger partial charge is 0.504 e. The Labute approximate surface area is 126 Å². The number of phenols is 3. The van der Waals surface area contributed by atoms with Crippen LogP contribution in [0, 0.1) is 0 Å². The number of rotatable bonds is 4. The van der Waals surface area contributed by atoms with Gasteiger partial charge >= 0.3 is 0 Å². The summed E-state index contributed by atoms with van der Waals surface area (Å²) >= 11 is 1.60. The van der Waals surface area contributed by atoms with E-state index >= 15 is 0 Å². The molecule has 0 bridgehead atoms. The number of aromatic hydroxyl groups is 3. The smallest absolute Gasteiger partial charge is 0.200 e. The Bertz CT molecular complexity index is 667. The normalized spacial score (nSPS) is 10.9. The molecule has 0 spiro atoms. The highest BCUT2D eigenvalue weighted by Gasteiger charge is 2.07. The van der Waals surface area contributed by atoms with Crippen molar-refractivity contribution in [1.29, 1.82) is 0 Å². The molecular formula is C16H14O4S. The predicted octanol–water partition coefficient (Wildman–Crippen LogP) is 3.42. The van der Waals surface area contributed by atoms with E-state index in [-0.39, 0.29) is 5.78 Å². The third-order valence-corrected chi connectivity index (χ3v) is 3.64. The lowest BCUT2D eigenvalue weighted by Crippen LogP contribution is -1.93. The quantitative estimate of drug-likeness (QED) is 0.349. The number of allylic oxidation sites excluding steroid dienone is 1. The van der Waals surface area contributed by atoms with Crippen molar-refractivity contribution in [3.8, 4) is 17.2 Å². The molecule has 0 saturated carbocycles. The summed E-state index contributed by atoms with van der Waals surface area (Å²) in [6, 6.07) is 9.73. The molecule has 0 fully saturated rings. The summed E-state index contributed by atoms with van der Waals surface area (Å²) in [6.45, 7) is 0. The van der Waals surface area contributed by atoms with Gasteiger partial charge in [-0.25, -0.2) is 0 Å². The Morgan fingerprint density at radius 2 is 1.62 bits per heavy atom. The first kappa shape index (κ1) is 15.0. The molecular weight excluding hydrogens is 288 g/mol. The maximum Gasteiger partial charge on any atom is 0.200 e. The molecule has 4 nitrogen and oxygen atoms in total. The van der Waals surface area contributed by atoms with Gasteiger partial charge in [0.2, 0.25) is 0 Å². The molecule has 2 aromatic carbocycles. The van der Waals surface area contributed by atoms with Crippen LogP contribution in [0.15, 0.2) is 47.4 Å². The molecule has 0 heterocycles. The second-order valence-electron chi connectivity index (χ2n) is 4.33. The van der Waals surface area contributed by atoms with Gasteiger partial charge in [0.15, 0.2) is 23.0 Å². The van der Waals surface area contributed by atoms with Gasteiger partial charge in [0, 0.05) is 10.5 Å². The summed E-state index contributed by atoms with van der Waals surface area (Å²) in [5.41, 5.74) is 0.966. The van der Waals surface area contributed by atoms with Gasteiger partial charge in [-0.3, -0.25) is 4.79 Å². The van der Waals surface area contributed by atoms with Gasteiger partial charge in [0.1, 0.15) is 0 Å². The minimum absolute atomic E-state index is 0.185. The van der Waals surface area contributed by atoms with E-state index in [2.05, 4.69) is 0 Å². The first-order valence-corrected chi connectivity index (χ1v) is 7.35. The molecule has 0 radical (unpaired) electrons. The Morgan fingerprint density at radius 1 is 1.05 bits per heavy atom. The fraction of sp³-hybridized carbons (Fsp3) is 0.0625. The van der Waals surface area contributed by atoms with Crippen LogP contribution in [0.25, 0.3) is 6.08 Å². The topological polar surface area (TPSA) is 77.8 Å². The highest BCUT2D eigenvalue weighted by Crippen LogP contribution is 2.35. The number of benzene rings is 2. The average molecular weight is 302 g/mol.